The van der Waals surface area contributed by atoms with Gasteiger partial charge in [0.05, 0.1) is 18.1 Å². The summed E-state index contributed by atoms with van der Waals surface area (Å²) in [5, 5.41) is 0. The first-order valence-electron chi connectivity index (χ1n) is 8.97. The highest BCUT2D eigenvalue weighted by atomic mass is 32.2. The minimum atomic E-state index is -3.36. The minimum absolute atomic E-state index is 0.0875. The number of pyridine rings is 1. The smallest absolute Gasteiger partial charge is 0.253 e. The number of aromatic nitrogens is 1. The fraction of sp³-hybridized carbons (Fsp3) is 0.450. The molecule has 0 atom stereocenters. The van der Waals surface area contributed by atoms with Gasteiger partial charge in [0.2, 0.25) is 0 Å². The van der Waals surface area contributed by atoms with Crippen LogP contribution in [0.25, 0.3) is 11.1 Å². The summed E-state index contributed by atoms with van der Waals surface area (Å²) < 4.78 is 36.7. The highest BCUT2D eigenvalue weighted by molar-refractivity contribution is 7.90. The van der Waals surface area contributed by atoms with Crippen LogP contribution in [0.2, 0.25) is 0 Å². The molecule has 1 aliphatic carbocycles. The van der Waals surface area contributed by atoms with E-state index in [9.17, 15) is 13.2 Å². The van der Waals surface area contributed by atoms with Crippen LogP contribution >= 0.6 is 0 Å². The van der Waals surface area contributed by atoms with Crippen LogP contribution in [0.3, 0.4) is 0 Å². The lowest BCUT2D eigenvalue weighted by molar-refractivity contribution is 0.186. The molecule has 1 fully saturated rings. The maximum absolute atomic E-state index is 12.4. The van der Waals surface area contributed by atoms with Crippen LogP contribution in [-0.2, 0) is 21.1 Å². The van der Waals surface area contributed by atoms with Crippen molar-refractivity contribution >= 4 is 9.84 Å². The van der Waals surface area contributed by atoms with Crippen LogP contribution in [-0.4, -0.2) is 39.6 Å². The summed E-state index contributed by atoms with van der Waals surface area (Å²) in [6.07, 6.45) is 5.25. The number of sulfone groups is 1. The van der Waals surface area contributed by atoms with Crippen molar-refractivity contribution < 1.29 is 17.9 Å². The molecule has 1 heterocycles. The first-order chi connectivity index (χ1) is 12.8. The molecule has 2 aromatic rings. The highest BCUT2D eigenvalue weighted by Gasteiger charge is 2.23. The van der Waals surface area contributed by atoms with E-state index in [4.69, 9.17) is 9.47 Å². The molecule has 0 radical (unpaired) electrons. The van der Waals surface area contributed by atoms with E-state index in [2.05, 4.69) is 0 Å². The van der Waals surface area contributed by atoms with Gasteiger partial charge in [-0.3, -0.25) is 4.79 Å². The first-order valence-corrected chi connectivity index (χ1v) is 10.9. The van der Waals surface area contributed by atoms with Crippen molar-refractivity contribution in [3.63, 3.8) is 0 Å². The van der Waals surface area contributed by atoms with Gasteiger partial charge in [0.15, 0.2) is 9.84 Å². The van der Waals surface area contributed by atoms with Crippen LogP contribution < -0.4 is 10.3 Å². The number of benzene rings is 1. The quantitative estimate of drug-likeness (QED) is 0.692. The molecule has 0 unspecified atom stereocenters. The number of rotatable bonds is 8. The lowest BCUT2D eigenvalue weighted by atomic mass is 10.0. The van der Waals surface area contributed by atoms with Gasteiger partial charge in [-0.05, 0) is 49.9 Å². The lowest BCUT2D eigenvalue weighted by Gasteiger charge is -2.15. The largest absolute Gasteiger partial charge is 0.493 e. The van der Waals surface area contributed by atoms with Gasteiger partial charge in [0, 0.05) is 42.8 Å². The van der Waals surface area contributed by atoms with Crippen LogP contribution in [0.1, 0.15) is 18.4 Å². The third kappa shape index (κ3) is 4.78. The number of hydrogen-bond acceptors (Lipinski definition) is 5. The monoisotopic (exact) mass is 391 g/mol. The molecule has 0 N–H and O–H groups in total. The third-order valence-corrected chi connectivity index (χ3v) is 5.77. The number of ether oxygens (including phenoxy) is 2. The summed E-state index contributed by atoms with van der Waals surface area (Å²) in [5.74, 6) is 1.20. The van der Waals surface area contributed by atoms with E-state index in [1.165, 1.54) is 6.26 Å². The molecule has 3 rings (SSSR count). The Labute approximate surface area is 159 Å². The lowest BCUT2D eigenvalue weighted by Crippen LogP contribution is -2.23. The number of methoxy groups -OCH3 is 1. The number of aryl methyl sites for hydroxylation is 1. The van der Waals surface area contributed by atoms with Crippen molar-refractivity contribution in [3.05, 3.63) is 46.4 Å². The van der Waals surface area contributed by atoms with Crippen LogP contribution in [0, 0.1) is 12.8 Å². The Morgan fingerprint density at radius 2 is 1.96 bits per heavy atom. The average molecular weight is 391 g/mol. The molecule has 27 heavy (non-hydrogen) atoms. The molecule has 0 amide bonds. The normalized spacial score (nSPS) is 14.3. The van der Waals surface area contributed by atoms with Crippen LogP contribution in [0.4, 0.5) is 0 Å². The van der Waals surface area contributed by atoms with E-state index in [0.29, 0.717) is 42.6 Å². The predicted octanol–water partition coefficient (Wildman–Crippen LogP) is 2.66. The zero-order valence-electron chi connectivity index (χ0n) is 15.9. The molecule has 1 saturated carbocycles. The van der Waals surface area contributed by atoms with E-state index < -0.39 is 9.84 Å². The molecule has 0 spiro atoms. The van der Waals surface area contributed by atoms with Gasteiger partial charge < -0.3 is 14.0 Å². The summed E-state index contributed by atoms with van der Waals surface area (Å²) in [5.41, 5.74) is 1.92. The Bertz CT molecular complexity index is 990. The highest BCUT2D eigenvalue weighted by Crippen LogP contribution is 2.35. The second kappa shape index (κ2) is 7.86. The van der Waals surface area contributed by atoms with Crippen molar-refractivity contribution in [1.29, 1.82) is 0 Å². The average Bonchev–Trinajstić information content (AvgIpc) is 3.44. The fourth-order valence-electron chi connectivity index (χ4n) is 2.87. The molecule has 6 nitrogen and oxygen atoms in total. The van der Waals surface area contributed by atoms with Crippen LogP contribution in [0.5, 0.6) is 5.75 Å². The Morgan fingerprint density at radius 1 is 1.22 bits per heavy atom. The van der Waals surface area contributed by atoms with Gasteiger partial charge in [-0.25, -0.2) is 8.42 Å². The Kier molecular flexibility index (Phi) is 5.72. The molecular formula is C20H25NO5S. The predicted molar refractivity (Wildman–Crippen MR) is 104 cm³/mol. The Hall–Kier alpha value is -2.12. The second-order valence-electron chi connectivity index (χ2n) is 7.09. The molecule has 1 aromatic carbocycles. The first kappa shape index (κ1) is 19.6. The molecule has 1 aromatic heterocycles. The topological polar surface area (TPSA) is 74.6 Å². The van der Waals surface area contributed by atoms with Crippen molar-refractivity contribution in [2.45, 2.75) is 31.2 Å². The zero-order valence-corrected chi connectivity index (χ0v) is 16.7. The second-order valence-corrected chi connectivity index (χ2v) is 9.10. The summed E-state index contributed by atoms with van der Waals surface area (Å²) in [4.78, 5) is 12.6. The Balaban J connectivity index is 2.09. The van der Waals surface area contributed by atoms with Crippen molar-refractivity contribution in [2.75, 3.05) is 26.6 Å². The van der Waals surface area contributed by atoms with E-state index in [0.717, 1.165) is 18.4 Å². The van der Waals surface area contributed by atoms with Gasteiger partial charge in [-0.15, -0.1) is 0 Å². The van der Waals surface area contributed by atoms with Crippen molar-refractivity contribution in [1.82, 2.24) is 4.57 Å². The summed E-state index contributed by atoms with van der Waals surface area (Å²) >= 11 is 0. The van der Waals surface area contributed by atoms with Crippen LogP contribution in [0.15, 0.2) is 40.2 Å². The minimum Gasteiger partial charge on any atom is -0.493 e. The maximum atomic E-state index is 12.4. The SMILES string of the molecule is COCCn1cc(-c2cc(S(C)(=O)=O)ccc2OCC2CC2)cc(C)c1=O. The summed E-state index contributed by atoms with van der Waals surface area (Å²) in [7, 11) is -1.77. The van der Waals surface area contributed by atoms with Gasteiger partial charge in [0.1, 0.15) is 5.75 Å². The van der Waals surface area contributed by atoms with E-state index in [1.807, 2.05) is 0 Å². The van der Waals surface area contributed by atoms with Gasteiger partial charge in [0.25, 0.3) is 5.56 Å². The number of hydrogen-bond donors (Lipinski definition) is 0. The molecule has 146 valence electrons. The van der Waals surface area contributed by atoms with Crippen molar-refractivity contribution in [3.8, 4) is 16.9 Å². The van der Waals surface area contributed by atoms with E-state index in [1.54, 1.807) is 49.1 Å². The fourth-order valence-corrected chi connectivity index (χ4v) is 3.52. The molecule has 0 saturated heterocycles. The maximum Gasteiger partial charge on any atom is 0.253 e. The number of nitrogens with zero attached hydrogens (tertiary/aromatic N) is 1. The van der Waals surface area contributed by atoms with Gasteiger partial charge >= 0.3 is 0 Å². The molecule has 1 aliphatic rings. The standard InChI is InChI=1S/C20H25NO5S/c1-14-10-16(12-21(20(14)22)8-9-25-2)18-11-17(27(3,23)24)6-7-19(18)26-13-15-4-5-15/h6-7,10-12,15H,4-5,8-9,13H2,1-3H3. The Morgan fingerprint density at radius 3 is 2.59 bits per heavy atom. The van der Waals surface area contributed by atoms with E-state index >= 15 is 0 Å². The molecule has 0 aliphatic heterocycles. The third-order valence-electron chi connectivity index (χ3n) is 4.66. The molecule has 0 bridgehead atoms. The van der Waals surface area contributed by atoms with Gasteiger partial charge in [-0.2, -0.15) is 0 Å². The molecule has 7 heteroatoms. The summed E-state index contributed by atoms with van der Waals surface area (Å²) in [6, 6.07) is 6.66. The van der Waals surface area contributed by atoms with Gasteiger partial charge in [-0.1, -0.05) is 0 Å². The zero-order chi connectivity index (χ0) is 19.6. The van der Waals surface area contributed by atoms with E-state index in [-0.39, 0.29) is 10.5 Å². The molecular weight excluding hydrogens is 366 g/mol. The van der Waals surface area contributed by atoms with Crippen molar-refractivity contribution in [2.24, 2.45) is 5.92 Å². The summed E-state index contributed by atoms with van der Waals surface area (Å²) in [6.45, 7) is 3.21.